The molecule has 2 aromatic rings. The van der Waals surface area contributed by atoms with Crippen molar-refractivity contribution in [1.29, 1.82) is 0 Å². The minimum Gasteiger partial charge on any atom is -0.323 e. The fourth-order valence-electron chi connectivity index (χ4n) is 1.53. The Balaban J connectivity index is 2.12. The van der Waals surface area contributed by atoms with Crippen molar-refractivity contribution in [2.24, 2.45) is 0 Å². The van der Waals surface area contributed by atoms with Crippen molar-refractivity contribution in [3.8, 4) is 0 Å². The number of amides is 1. The lowest BCUT2D eigenvalue weighted by Crippen LogP contribution is -2.26. The van der Waals surface area contributed by atoms with Crippen LogP contribution in [-0.2, 0) is 11.3 Å². The molecule has 0 aliphatic rings. The fourth-order valence-corrected chi connectivity index (χ4v) is 1.87. The molecule has 1 aromatic heterocycles. The molecule has 19 heavy (non-hydrogen) atoms. The third-order valence-corrected chi connectivity index (χ3v) is 2.98. The summed E-state index contributed by atoms with van der Waals surface area (Å²) in [6, 6.07) is 9.45. The molecule has 0 saturated carbocycles. The number of aromatic nitrogens is 1. The van der Waals surface area contributed by atoms with Crippen LogP contribution in [0.1, 0.15) is 0 Å². The Kier molecular flexibility index (Phi) is 4.24. The predicted octanol–water partition coefficient (Wildman–Crippen LogP) is 2.79. The monoisotopic (exact) mass is 296 g/mol. The molecule has 2 rings (SSSR count). The molecule has 0 aliphatic heterocycles. The highest BCUT2D eigenvalue weighted by atomic mass is 35.5. The highest BCUT2D eigenvalue weighted by Gasteiger charge is 2.07. The van der Waals surface area contributed by atoms with E-state index in [0.29, 0.717) is 15.7 Å². The summed E-state index contributed by atoms with van der Waals surface area (Å²) in [5, 5.41) is 3.47. The smallest absolute Gasteiger partial charge is 0.250 e. The fraction of sp³-hybridized carbons (Fsp3) is 0.0769. The Labute approximate surface area is 119 Å². The third kappa shape index (κ3) is 3.59. The first-order valence-corrected chi connectivity index (χ1v) is 6.22. The number of hydrogen-bond acceptors (Lipinski definition) is 2. The first-order chi connectivity index (χ1) is 9.06. The standard InChI is InChI=1S/C13H10Cl2N2O2/c14-9-4-5-10(15)11(7-9)16-12(18)8-17-6-2-1-3-13(17)19/h1-7H,8H2,(H,16,18). The summed E-state index contributed by atoms with van der Waals surface area (Å²) in [4.78, 5) is 23.3. The summed E-state index contributed by atoms with van der Waals surface area (Å²) in [6.07, 6.45) is 1.54. The Bertz CT molecular complexity index is 668. The van der Waals surface area contributed by atoms with Crippen molar-refractivity contribution < 1.29 is 4.79 Å². The second kappa shape index (κ2) is 5.91. The SMILES string of the molecule is O=C(Cn1ccccc1=O)Nc1cc(Cl)ccc1Cl. The van der Waals surface area contributed by atoms with E-state index in [0.717, 1.165) is 0 Å². The van der Waals surface area contributed by atoms with Crippen molar-refractivity contribution in [3.63, 3.8) is 0 Å². The van der Waals surface area contributed by atoms with E-state index in [1.54, 1.807) is 36.5 Å². The second-order valence-electron chi connectivity index (χ2n) is 3.84. The van der Waals surface area contributed by atoms with Gasteiger partial charge in [-0.05, 0) is 24.3 Å². The lowest BCUT2D eigenvalue weighted by atomic mass is 10.3. The van der Waals surface area contributed by atoms with Gasteiger partial charge in [0.05, 0.1) is 10.7 Å². The molecule has 0 radical (unpaired) electrons. The van der Waals surface area contributed by atoms with Gasteiger partial charge < -0.3 is 9.88 Å². The molecule has 1 aromatic carbocycles. The van der Waals surface area contributed by atoms with Crippen molar-refractivity contribution in [3.05, 3.63) is 63.0 Å². The quantitative estimate of drug-likeness (QED) is 0.947. The molecule has 1 amide bonds. The molecule has 4 nitrogen and oxygen atoms in total. The van der Waals surface area contributed by atoms with Gasteiger partial charge in [0.15, 0.2) is 0 Å². The van der Waals surface area contributed by atoms with Crippen LogP contribution in [0.15, 0.2) is 47.4 Å². The molecular weight excluding hydrogens is 287 g/mol. The van der Waals surface area contributed by atoms with E-state index < -0.39 is 0 Å². The van der Waals surface area contributed by atoms with E-state index in [9.17, 15) is 9.59 Å². The molecule has 98 valence electrons. The maximum absolute atomic E-state index is 11.8. The number of anilines is 1. The number of rotatable bonds is 3. The number of pyridine rings is 1. The molecule has 0 aliphatic carbocycles. The summed E-state index contributed by atoms with van der Waals surface area (Å²) in [6.45, 7) is -0.0808. The van der Waals surface area contributed by atoms with Gasteiger partial charge in [0.1, 0.15) is 6.54 Å². The summed E-state index contributed by atoms with van der Waals surface area (Å²) in [7, 11) is 0. The van der Waals surface area contributed by atoms with Crippen molar-refractivity contribution in [2.45, 2.75) is 6.54 Å². The van der Waals surface area contributed by atoms with Crippen LogP contribution in [0.5, 0.6) is 0 Å². The normalized spacial score (nSPS) is 10.2. The zero-order valence-corrected chi connectivity index (χ0v) is 11.3. The number of benzene rings is 1. The topological polar surface area (TPSA) is 51.1 Å². The average molecular weight is 297 g/mol. The molecule has 0 atom stereocenters. The van der Waals surface area contributed by atoms with E-state index in [2.05, 4.69) is 5.32 Å². The Hall–Kier alpha value is -1.78. The summed E-state index contributed by atoms with van der Waals surface area (Å²) < 4.78 is 1.30. The van der Waals surface area contributed by atoms with E-state index in [1.165, 1.54) is 10.6 Å². The van der Waals surface area contributed by atoms with Gasteiger partial charge in [-0.2, -0.15) is 0 Å². The summed E-state index contributed by atoms with van der Waals surface area (Å²) in [5.41, 5.74) is 0.179. The number of carbonyl (C=O) groups is 1. The van der Waals surface area contributed by atoms with E-state index >= 15 is 0 Å². The molecular formula is C13H10Cl2N2O2. The van der Waals surface area contributed by atoms with Gasteiger partial charge in [-0.25, -0.2) is 0 Å². The first kappa shape index (κ1) is 13.6. The van der Waals surface area contributed by atoms with Crippen LogP contribution in [0, 0.1) is 0 Å². The van der Waals surface area contributed by atoms with Crippen molar-refractivity contribution in [1.82, 2.24) is 4.57 Å². The molecule has 0 unspecified atom stereocenters. The van der Waals surface area contributed by atoms with Crippen LogP contribution in [0.3, 0.4) is 0 Å². The molecule has 0 fully saturated rings. The number of hydrogen-bond donors (Lipinski definition) is 1. The van der Waals surface area contributed by atoms with Gasteiger partial charge in [-0.1, -0.05) is 29.3 Å². The van der Waals surface area contributed by atoms with Gasteiger partial charge in [0, 0.05) is 17.3 Å². The second-order valence-corrected chi connectivity index (χ2v) is 4.68. The Morgan fingerprint density at radius 2 is 2.00 bits per heavy atom. The van der Waals surface area contributed by atoms with Gasteiger partial charge in [-0.15, -0.1) is 0 Å². The summed E-state index contributed by atoms with van der Waals surface area (Å²) >= 11 is 11.8. The minimum absolute atomic E-state index is 0.0808. The third-order valence-electron chi connectivity index (χ3n) is 2.42. The minimum atomic E-state index is -0.350. The maximum atomic E-state index is 11.8. The van der Waals surface area contributed by atoms with E-state index in [4.69, 9.17) is 23.2 Å². The Morgan fingerprint density at radius 1 is 1.21 bits per heavy atom. The highest BCUT2D eigenvalue weighted by molar-refractivity contribution is 6.35. The molecule has 1 N–H and O–H groups in total. The van der Waals surface area contributed by atoms with Gasteiger partial charge in [-0.3, -0.25) is 9.59 Å². The molecule has 0 bridgehead atoms. The predicted molar refractivity (Wildman–Crippen MR) is 75.8 cm³/mol. The van der Waals surface area contributed by atoms with Gasteiger partial charge in [0.2, 0.25) is 5.91 Å². The molecule has 0 spiro atoms. The lowest BCUT2D eigenvalue weighted by molar-refractivity contribution is -0.116. The molecule has 6 heteroatoms. The van der Waals surface area contributed by atoms with Gasteiger partial charge >= 0.3 is 0 Å². The van der Waals surface area contributed by atoms with Crippen molar-refractivity contribution >= 4 is 34.8 Å². The number of nitrogens with zero attached hydrogens (tertiary/aromatic N) is 1. The zero-order valence-electron chi connectivity index (χ0n) is 9.77. The van der Waals surface area contributed by atoms with Crippen LogP contribution in [0.25, 0.3) is 0 Å². The van der Waals surface area contributed by atoms with Crippen molar-refractivity contribution in [2.75, 3.05) is 5.32 Å². The maximum Gasteiger partial charge on any atom is 0.250 e. The average Bonchev–Trinajstić information content (AvgIpc) is 2.37. The lowest BCUT2D eigenvalue weighted by Gasteiger charge is -2.08. The van der Waals surface area contributed by atoms with Crippen LogP contribution < -0.4 is 10.9 Å². The molecule has 0 saturated heterocycles. The highest BCUT2D eigenvalue weighted by Crippen LogP contribution is 2.25. The summed E-state index contributed by atoms with van der Waals surface area (Å²) in [5.74, 6) is -0.350. The largest absolute Gasteiger partial charge is 0.323 e. The van der Waals surface area contributed by atoms with Crippen LogP contribution in [0.2, 0.25) is 10.0 Å². The Morgan fingerprint density at radius 3 is 2.74 bits per heavy atom. The van der Waals surface area contributed by atoms with E-state index in [1.807, 2.05) is 0 Å². The van der Waals surface area contributed by atoms with E-state index in [-0.39, 0.29) is 18.0 Å². The number of carbonyl (C=O) groups excluding carboxylic acids is 1. The molecule has 1 heterocycles. The van der Waals surface area contributed by atoms with Crippen LogP contribution in [0.4, 0.5) is 5.69 Å². The van der Waals surface area contributed by atoms with Crippen LogP contribution >= 0.6 is 23.2 Å². The van der Waals surface area contributed by atoms with Crippen LogP contribution in [-0.4, -0.2) is 10.5 Å². The number of nitrogens with one attached hydrogen (secondary N) is 1. The first-order valence-electron chi connectivity index (χ1n) is 5.46. The van der Waals surface area contributed by atoms with Gasteiger partial charge in [0.25, 0.3) is 5.56 Å². The zero-order chi connectivity index (χ0) is 13.8. The number of halogens is 2.